The fourth-order valence-corrected chi connectivity index (χ4v) is 2.26. The highest BCUT2D eigenvalue weighted by Crippen LogP contribution is 2.27. The molecule has 0 amide bonds. The van der Waals surface area contributed by atoms with E-state index in [0.29, 0.717) is 0 Å². The number of rotatable bonds is 2. The zero-order valence-corrected chi connectivity index (χ0v) is 9.83. The Morgan fingerprint density at radius 3 is 2.65 bits per heavy atom. The smallest absolute Gasteiger partial charge is 0.315 e. The third kappa shape index (κ3) is 3.20. The number of carboxylic acid groups (broad SMARTS) is 1. The van der Waals surface area contributed by atoms with Gasteiger partial charge in [-0.1, -0.05) is 42.2 Å². The quantitative estimate of drug-likeness (QED) is 0.821. The lowest BCUT2D eigenvalue weighted by Gasteiger charge is -1.93. The Balaban J connectivity index is 2.16. The molecule has 0 saturated carbocycles. The molecule has 0 saturated heterocycles. The first kappa shape index (κ1) is 11.4. The lowest BCUT2D eigenvalue weighted by atomic mass is 10.2. The first-order valence-electron chi connectivity index (χ1n) is 5.11. The summed E-state index contributed by atoms with van der Waals surface area (Å²) in [7, 11) is 0. The van der Waals surface area contributed by atoms with E-state index in [1.165, 1.54) is 0 Å². The van der Waals surface area contributed by atoms with Crippen LogP contribution in [-0.2, 0) is 4.79 Å². The number of aliphatic carboxylic acids is 1. The fourth-order valence-electron chi connectivity index (χ4n) is 1.37. The Bertz CT molecular complexity index is 573. The van der Waals surface area contributed by atoms with Crippen LogP contribution in [0.3, 0.4) is 0 Å². The van der Waals surface area contributed by atoms with Gasteiger partial charge in [-0.2, -0.15) is 0 Å². The van der Waals surface area contributed by atoms with Crippen molar-refractivity contribution in [3.8, 4) is 22.3 Å². The number of carboxylic acids is 1. The highest BCUT2D eigenvalue weighted by Gasteiger charge is 2.00. The molecule has 0 atom stereocenters. The third-order valence-corrected chi connectivity index (χ3v) is 3.17. The van der Waals surface area contributed by atoms with Gasteiger partial charge in [0.25, 0.3) is 0 Å². The van der Waals surface area contributed by atoms with Crippen molar-refractivity contribution < 1.29 is 9.90 Å². The number of benzene rings is 1. The molecule has 0 spiro atoms. The van der Waals surface area contributed by atoms with E-state index in [9.17, 15) is 4.79 Å². The van der Waals surface area contributed by atoms with Crippen LogP contribution in [0.5, 0.6) is 0 Å². The fraction of sp³-hybridized carbons (Fsp3) is 0.0714. The minimum absolute atomic E-state index is 0.113. The topological polar surface area (TPSA) is 37.3 Å². The van der Waals surface area contributed by atoms with Gasteiger partial charge in [-0.05, 0) is 17.7 Å². The van der Waals surface area contributed by atoms with Crippen LogP contribution in [0.15, 0.2) is 42.5 Å². The van der Waals surface area contributed by atoms with Gasteiger partial charge in [-0.3, -0.25) is 4.79 Å². The summed E-state index contributed by atoms with van der Waals surface area (Å²) < 4.78 is 0. The SMILES string of the molecule is O=C(O)CC#Cc1ccc(-c2ccccc2)s1. The molecule has 17 heavy (non-hydrogen) atoms. The summed E-state index contributed by atoms with van der Waals surface area (Å²) in [4.78, 5) is 12.4. The third-order valence-electron chi connectivity index (χ3n) is 2.12. The molecule has 1 N–H and O–H groups in total. The maximum Gasteiger partial charge on any atom is 0.315 e. The molecule has 2 nitrogen and oxygen atoms in total. The van der Waals surface area contributed by atoms with E-state index < -0.39 is 5.97 Å². The van der Waals surface area contributed by atoms with Crippen LogP contribution < -0.4 is 0 Å². The molecule has 2 aromatic rings. The molecule has 0 fully saturated rings. The van der Waals surface area contributed by atoms with Crippen molar-refractivity contribution in [3.63, 3.8) is 0 Å². The maximum absolute atomic E-state index is 10.3. The summed E-state index contributed by atoms with van der Waals surface area (Å²) in [6.07, 6.45) is -0.113. The molecule has 0 radical (unpaired) electrons. The van der Waals surface area contributed by atoms with Crippen LogP contribution in [0.4, 0.5) is 0 Å². The summed E-state index contributed by atoms with van der Waals surface area (Å²) in [5.41, 5.74) is 1.16. The van der Waals surface area contributed by atoms with Crippen LogP contribution in [0, 0.1) is 11.8 Å². The lowest BCUT2D eigenvalue weighted by Crippen LogP contribution is -1.89. The largest absolute Gasteiger partial charge is 0.481 e. The van der Waals surface area contributed by atoms with Crippen LogP contribution in [0.2, 0.25) is 0 Å². The van der Waals surface area contributed by atoms with E-state index in [2.05, 4.69) is 11.8 Å². The summed E-state index contributed by atoms with van der Waals surface area (Å²) in [6, 6.07) is 14.0. The van der Waals surface area contributed by atoms with E-state index in [4.69, 9.17) is 5.11 Å². The highest BCUT2D eigenvalue weighted by molar-refractivity contribution is 7.16. The maximum atomic E-state index is 10.3. The zero-order chi connectivity index (χ0) is 12.1. The van der Waals surface area contributed by atoms with Crippen molar-refractivity contribution in [3.05, 3.63) is 47.3 Å². The molecule has 0 aliphatic carbocycles. The van der Waals surface area contributed by atoms with Gasteiger partial charge in [0, 0.05) is 4.88 Å². The van der Waals surface area contributed by atoms with Gasteiger partial charge in [-0.15, -0.1) is 11.3 Å². The van der Waals surface area contributed by atoms with Crippen molar-refractivity contribution in [2.75, 3.05) is 0 Å². The standard InChI is InChI=1S/C14H10O2S/c15-14(16)8-4-7-12-9-10-13(17-12)11-5-2-1-3-6-11/h1-3,5-6,9-10H,8H2,(H,15,16). The predicted molar refractivity (Wildman–Crippen MR) is 68.9 cm³/mol. The second-order valence-corrected chi connectivity index (χ2v) is 4.49. The highest BCUT2D eigenvalue weighted by atomic mass is 32.1. The van der Waals surface area contributed by atoms with Crippen molar-refractivity contribution in [1.82, 2.24) is 0 Å². The van der Waals surface area contributed by atoms with E-state index in [1.807, 2.05) is 42.5 Å². The van der Waals surface area contributed by atoms with Crippen molar-refractivity contribution in [1.29, 1.82) is 0 Å². The molecule has 1 heterocycles. The average Bonchev–Trinajstić information content (AvgIpc) is 2.78. The normalized spacial score (nSPS) is 9.41. The Morgan fingerprint density at radius 2 is 1.94 bits per heavy atom. The first-order chi connectivity index (χ1) is 8.25. The van der Waals surface area contributed by atoms with E-state index >= 15 is 0 Å². The number of thiophene rings is 1. The van der Waals surface area contributed by atoms with Crippen molar-refractivity contribution in [2.24, 2.45) is 0 Å². The van der Waals surface area contributed by atoms with E-state index in [-0.39, 0.29) is 6.42 Å². The summed E-state index contributed by atoms with van der Waals surface area (Å²) >= 11 is 1.57. The minimum Gasteiger partial charge on any atom is -0.481 e. The molecule has 0 bridgehead atoms. The molecule has 1 aromatic carbocycles. The van der Waals surface area contributed by atoms with Gasteiger partial charge in [-0.25, -0.2) is 0 Å². The van der Waals surface area contributed by atoms with Crippen LogP contribution in [0.1, 0.15) is 11.3 Å². The molecule has 3 heteroatoms. The summed E-state index contributed by atoms with van der Waals surface area (Å²) in [6.45, 7) is 0. The Kier molecular flexibility index (Phi) is 3.59. The number of hydrogen-bond acceptors (Lipinski definition) is 2. The summed E-state index contributed by atoms with van der Waals surface area (Å²) in [5.74, 6) is 4.59. The van der Waals surface area contributed by atoms with E-state index in [1.54, 1.807) is 11.3 Å². The Labute approximate surface area is 104 Å². The zero-order valence-electron chi connectivity index (χ0n) is 9.01. The van der Waals surface area contributed by atoms with Gasteiger partial charge in [0.1, 0.15) is 6.42 Å². The molecule has 0 aliphatic heterocycles. The van der Waals surface area contributed by atoms with Crippen molar-refractivity contribution in [2.45, 2.75) is 6.42 Å². The van der Waals surface area contributed by atoms with Gasteiger partial charge in [0.05, 0.1) is 4.88 Å². The first-order valence-corrected chi connectivity index (χ1v) is 5.93. The molecule has 1 aromatic heterocycles. The van der Waals surface area contributed by atoms with Crippen LogP contribution in [0.25, 0.3) is 10.4 Å². The molecular weight excluding hydrogens is 232 g/mol. The van der Waals surface area contributed by atoms with Crippen LogP contribution in [-0.4, -0.2) is 11.1 Å². The number of hydrogen-bond donors (Lipinski definition) is 1. The monoisotopic (exact) mass is 242 g/mol. The van der Waals surface area contributed by atoms with E-state index in [0.717, 1.165) is 15.3 Å². The lowest BCUT2D eigenvalue weighted by molar-refractivity contribution is -0.135. The van der Waals surface area contributed by atoms with Gasteiger partial charge >= 0.3 is 5.97 Å². The molecule has 84 valence electrons. The molecule has 0 unspecified atom stereocenters. The number of carbonyl (C=O) groups is 1. The minimum atomic E-state index is -0.891. The van der Waals surface area contributed by atoms with Gasteiger partial charge in [0.2, 0.25) is 0 Å². The molecular formula is C14H10O2S. The second-order valence-electron chi connectivity index (χ2n) is 3.40. The molecule has 0 aliphatic rings. The molecule has 2 rings (SSSR count). The van der Waals surface area contributed by atoms with Crippen molar-refractivity contribution >= 4 is 17.3 Å². The van der Waals surface area contributed by atoms with Crippen LogP contribution >= 0.6 is 11.3 Å². The summed E-state index contributed by atoms with van der Waals surface area (Å²) in [5, 5.41) is 8.48. The average molecular weight is 242 g/mol. The Hall–Kier alpha value is -2.05. The predicted octanol–water partition coefficient (Wildman–Crippen LogP) is 3.24. The van der Waals surface area contributed by atoms with Gasteiger partial charge < -0.3 is 5.11 Å². The Morgan fingerprint density at radius 1 is 1.18 bits per heavy atom. The van der Waals surface area contributed by atoms with Gasteiger partial charge in [0.15, 0.2) is 0 Å². The second kappa shape index (κ2) is 5.33.